The van der Waals surface area contributed by atoms with Crippen LogP contribution in [-0.2, 0) is 0 Å². The van der Waals surface area contributed by atoms with Gasteiger partial charge in [-0.15, -0.1) is 10.2 Å². The number of nitrogens with zero attached hydrogens (tertiary/aromatic N) is 2. The summed E-state index contributed by atoms with van der Waals surface area (Å²) in [5, 5.41) is 25.8. The second-order valence-corrected chi connectivity index (χ2v) is 4.59. The van der Waals surface area contributed by atoms with E-state index in [1.54, 1.807) is 0 Å². The second kappa shape index (κ2) is 5.85. The molecule has 0 unspecified atom stereocenters. The molecule has 1 heterocycles. The molecule has 108 valence electrons. The zero-order valence-electron chi connectivity index (χ0n) is 10.1. The van der Waals surface area contributed by atoms with Gasteiger partial charge in [0.1, 0.15) is 5.69 Å². The van der Waals surface area contributed by atoms with E-state index in [0.717, 1.165) is 0 Å². The standard InChI is InChI=1S/C11H7ClN4O4S/c12-5-2-1-4(10(19)20)3-6(5)15-16-7-8(17)13-11(21)14-9(7)18/h1-3H,(H,19,20)(H3,13,14,17,18,21). The molecule has 10 heteroatoms. The molecular formula is C11H7ClN4O4S. The van der Waals surface area contributed by atoms with E-state index in [1.807, 2.05) is 0 Å². The van der Waals surface area contributed by atoms with Crippen LogP contribution in [0.4, 0.5) is 11.4 Å². The third kappa shape index (κ3) is 3.33. The van der Waals surface area contributed by atoms with E-state index in [4.69, 9.17) is 16.7 Å². The first-order valence-corrected chi connectivity index (χ1v) is 6.17. The minimum atomic E-state index is -1.16. The van der Waals surface area contributed by atoms with Crippen molar-refractivity contribution in [3.8, 4) is 5.88 Å². The van der Waals surface area contributed by atoms with Crippen LogP contribution >= 0.6 is 23.8 Å². The first-order chi connectivity index (χ1) is 9.88. The summed E-state index contributed by atoms with van der Waals surface area (Å²) in [7, 11) is 0. The van der Waals surface area contributed by atoms with Crippen LogP contribution in [0.1, 0.15) is 10.4 Å². The lowest BCUT2D eigenvalue weighted by molar-refractivity contribution is 0.0697. The van der Waals surface area contributed by atoms with Gasteiger partial charge >= 0.3 is 5.97 Å². The van der Waals surface area contributed by atoms with E-state index in [9.17, 15) is 14.7 Å². The Morgan fingerprint density at radius 1 is 1.29 bits per heavy atom. The number of carboxylic acid groups (broad SMARTS) is 1. The number of hydrogen-bond donors (Lipinski definition) is 4. The molecule has 1 aromatic heterocycles. The topological polar surface area (TPSA) is 131 Å². The Bertz CT molecular complexity index is 858. The number of halogens is 1. The van der Waals surface area contributed by atoms with E-state index in [2.05, 4.69) is 32.4 Å². The highest BCUT2D eigenvalue weighted by atomic mass is 35.5. The van der Waals surface area contributed by atoms with Crippen LogP contribution in [0.5, 0.6) is 5.88 Å². The van der Waals surface area contributed by atoms with Gasteiger partial charge in [0.05, 0.1) is 10.6 Å². The Kier molecular flexibility index (Phi) is 4.15. The van der Waals surface area contributed by atoms with Gasteiger partial charge in [-0.2, -0.15) is 0 Å². The fourth-order valence-electron chi connectivity index (χ4n) is 1.39. The Labute approximate surface area is 126 Å². The van der Waals surface area contributed by atoms with E-state index >= 15 is 0 Å². The molecule has 0 aliphatic carbocycles. The van der Waals surface area contributed by atoms with Crippen molar-refractivity contribution in [1.82, 2.24) is 9.97 Å². The summed E-state index contributed by atoms with van der Waals surface area (Å²) >= 11 is 10.5. The van der Waals surface area contributed by atoms with Gasteiger partial charge in [-0.25, -0.2) is 4.79 Å². The molecule has 0 fully saturated rings. The average Bonchev–Trinajstić information content (AvgIpc) is 2.39. The molecular weight excluding hydrogens is 320 g/mol. The monoisotopic (exact) mass is 326 g/mol. The molecule has 0 spiro atoms. The molecule has 21 heavy (non-hydrogen) atoms. The summed E-state index contributed by atoms with van der Waals surface area (Å²) < 4.78 is -0.0673. The van der Waals surface area contributed by atoms with Crippen molar-refractivity contribution in [3.63, 3.8) is 0 Å². The van der Waals surface area contributed by atoms with Gasteiger partial charge in [-0.3, -0.25) is 9.78 Å². The molecule has 0 saturated carbocycles. The number of carboxylic acids is 1. The molecule has 0 saturated heterocycles. The van der Waals surface area contributed by atoms with Crippen LogP contribution in [0.25, 0.3) is 0 Å². The van der Waals surface area contributed by atoms with Crippen molar-refractivity contribution in [3.05, 3.63) is 43.9 Å². The Morgan fingerprint density at radius 2 is 2.00 bits per heavy atom. The predicted octanol–water partition coefficient (Wildman–Crippen LogP) is 2.91. The van der Waals surface area contributed by atoms with Crippen molar-refractivity contribution in [2.75, 3.05) is 0 Å². The van der Waals surface area contributed by atoms with Crippen LogP contribution in [0.3, 0.4) is 0 Å². The molecule has 0 bridgehead atoms. The number of nitrogens with one attached hydrogen (secondary N) is 2. The molecule has 8 nitrogen and oxygen atoms in total. The number of aromatic carboxylic acids is 1. The molecule has 1 aromatic carbocycles. The van der Waals surface area contributed by atoms with E-state index in [-0.39, 0.29) is 21.0 Å². The molecule has 2 rings (SSSR count). The van der Waals surface area contributed by atoms with Gasteiger partial charge in [0.2, 0.25) is 11.6 Å². The number of hydrogen-bond acceptors (Lipinski definition) is 6. The Balaban J connectivity index is 2.47. The number of aromatic amines is 2. The summed E-state index contributed by atoms with van der Waals surface area (Å²) in [6.45, 7) is 0. The Hall–Kier alpha value is -2.52. The van der Waals surface area contributed by atoms with Crippen molar-refractivity contribution >= 4 is 41.2 Å². The lowest BCUT2D eigenvalue weighted by atomic mass is 10.2. The first-order valence-electron chi connectivity index (χ1n) is 5.38. The zero-order chi connectivity index (χ0) is 15.6. The average molecular weight is 327 g/mol. The van der Waals surface area contributed by atoms with Gasteiger partial charge in [-0.05, 0) is 30.4 Å². The van der Waals surface area contributed by atoms with Gasteiger partial charge in [0, 0.05) is 0 Å². The lowest BCUT2D eigenvalue weighted by Gasteiger charge is -2.00. The lowest BCUT2D eigenvalue weighted by Crippen LogP contribution is -2.06. The molecule has 0 amide bonds. The van der Waals surface area contributed by atoms with Crippen molar-refractivity contribution in [2.24, 2.45) is 10.2 Å². The van der Waals surface area contributed by atoms with Gasteiger partial charge < -0.3 is 15.2 Å². The van der Waals surface area contributed by atoms with Crippen LogP contribution in [-0.4, -0.2) is 26.2 Å². The van der Waals surface area contributed by atoms with E-state index in [0.29, 0.717) is 0 Å². The maximum absolute atomic E-state index is 11.6. The normalized spacial score (nSPS) is 10.9. The summed E-state index contributed by atoms with van der Waals surface area (Å²) in [4.78, 5) is 26.9. The third-order valence-corrected chi connectivity index (χ3v) is 2.87. The molecule has 0 radical (unpaired) electrons. The number of benzene rings is 1. The number of aromatic nitrogens is 2. The van der Waals surface area contributed by atoms with Crippen molar-refractivity contribution in [1.29, 1.82) is 0 Å². The van der Waals surface area contributed by atoms with Gasteiger partial charge in [-0.1, -0.05) is 11.6 Å². The highest BCUT2D eigenvalue weighted by Gasteiger charge is 2.09. The van der Waals surface area contributed by atoms with Crippen LogP contribution < -0.4 is 5.56 Å². The minimum absolute atomic E-state index is 0.0396. The highest BCUT2D eigenvalue weighted by Crippen LogP contribution is 2.28. The predicted molar refractivity (Wildman–Crippen MR) is 76.5 cm³/mol. The quantitative estimate of drug-likeness (QED) is 0.508. The molecule has 0 atom stereocenters. The molecule has 2 aromatic rings. The third-order valence-electron chi connectivity index (χ3n) is 2.35. The Morgan fingerprint density at radius 3 is 2.62 bits per heavy atom. The highest BCUT2D eigenvalue weighted by molar-refractivity contribution is 7.71. The zero-order valence-corrected chi connectivity index (χ0v) is 11.7. The summed E-state index contributed by atoms with van der Waals surface area (Å²) in [6, 6.07) is 3.82. The van der Waals surface area contributed by atoms with Crippen LogP contribution in [0.2, 0.25) is 5.02 Å². The van der Waals surface area contributed by atoms with Crippen molar-refractivity contribution in [2.45, 2.75) is 0 Å². The number of H-pyrrole nitrogens is 2. The summed E-state index contributed by atoms with van der Waals surface area (Å²) in [5.74, 6) is -1.72. The van der Waals surface area contributed by atoms with Gasteiger partial charge in [0.15, 0.2) is 4.77 Å². The smallest absolute Gasteiger partial charge is 0.335 e. The number of carbonyl (C=O) groups is 1. The molecule has 4 N–H and O–H groups in total. The fourth-order valence-corrected chi connectivity index (χ4v) is 1.73. The van der Waals surface area contributed by atoms with Crippen molar-refractivity contribution < 1.29 is 15.0 Å². The minimum Gasteiger partial charge on any atom is -0.493 e. The molecule has 0 aliphatic heterocycles. The SMILES string of the molecule is O=C(O)c1ccc(Cl)c(N=Nc2c(O)[nH]c(=S)[nH]c2=O)c1. The number of aromatic hydroxyl groups is 1. The maximum atomic E-state index is 11.6. The fraction of sp³-hybridized carbons (Fsp3) is 0. The van der Waals surface area contributed by atoms with Crippen LogP contribution in [0.15, 0.2) is 33.2 Å². The van der Waals surface area contributed by atoms with Crippen LogP contribution in [0, 0.1) is 4.77 Å². The largest absolute Gasteiger partial charge is 0.493 e. The summed E-state index contributed by atoms with van der Waals surface area (Å²) in [6.07, 6.45) is 0. The van der Waals surface area contributed by atoms with E-state index < -0.39 is 23.1 Å². The number of azo groups is 1. The number of rotatable bonds is 3. The van der Waals surface area contributed by atoms with E-state index in [1.165, 1.54) is 18.2 Å². The second-order valence-electron chi connectivity index (χ2n) is 3.78. The molecule has 0 aliphatic rings. The van der Waals surface area contributed by atoms with Gasteiger partial charge in [0.25, 0.3) is 5.56 Å². The first kappa shape index (κ1) is 14.9. The summed E-state index contributed by atoms with van der Waals surface area (Å²) in [5.41, 5.74) is -1.15. The maximum Gasteiger partial charge on any atom is 0.335 e.